The van der Waals surface area contributed by atoms with Crippen LogP contribution in [0.2, 0.25) is 0 Å². The third-order valence-electron chi connectivity index (χ3n) is 3.41. The molecule has 102 valence electrons. The maximum atomic E-state index is 12.7. The lowest BCUT2D eigenvalue weighted by molar-refractivity contribution is 0.951. The number of aromatic amines is 1. The first-order valence-electron chi connectivity index (χ1n) is 6.31. The van der Waals surface area contributed by atoms with Gasteiger partial charge in [-0.1, -0.05) is 12.1 Å². The SMILES string of the molecule is O=c1c2sccc2[nH]c(=S)n1-c1cccc2cnccc12. The molecule has 0 unspecified atom stereocenters. The van der Waals surface area contributed by atoms with E-state index < -0.39 is 0 Å². The molecular formula is C15H9N3OS2. The molecule has 0 fully saturated rings. The quantitative estimate of drug-likeness (QED) is 0.546. The van der Waals surface area contributed by atoms with Crippen molar-refractivity contribution in [3.8, 4) is 5.69 Å². The number of H-pyrrole nitrogens is 1. The normalized spacial score (nSPS) is 11.2. The zero-order valence-electron chi connectivity index (χ0n) is 10.7. The van der Waals surface area contributed by atoms with Crippen LogP contribution in [0.3, 0.4) is 0 Å². The predicted molar refractivity (Wildman–Crippen MR) is 87.9 cm³/mol. The monoisotopic (exact) mass is 311 g/mol. The first kappa shape index (κ1) is 12.4. The number of aromatic nitrogens is 3. The second kappa shape index (κ2) is 4.61. The van der Waals surface area contributed by atoms with Gasteiger partial charge in [-0.15, -0.1) is 11.3 Å². The molecule has 3 heterocycles. The number of fused-ring (bicyclic) bond motifs is 2. The lowest BCUT2D eigenvalue weighted by atomic mass is 10.1. The molecule has 0 amide bonds. The third-order valence-corrected chi connectivity index (χ3v) is 4.59. The van der Waals surface area contributed by atoms with Crippen molar-refractivity contribution in [3.05, 3.63) is 63.2 Å². The lowest BCUT2D eigenvalue weighted by Gasteiger charge is -2.09. The summed E-state index contributed by atoms with van der Waals surface area (Å²) in [5, 5.41) is 3.81. The Morgan fingerprint density at radius 2 is 2.14 bits per heavy atom. The van der Waals surface area contributed by atoms with Gasteiger partial charge in [0.15, 0.2) is 4.77 Å². The van der Waals surface area contributed by atoms with E-state index in [1.54, 1.807) is 17.0 Å². The van der Waals surface area contributed by atoms with Crippen LogP contribution in [-0.2, 0) is 0 Å². The van der Waals surface area contributed by atoms with Gasteiger partial charge < -0.3 is 4.98 Å². The fraction of sp³-hybridized carbons (Fsp3) is 0. The van der Waals surface area contributed by atoms with Crippen molar-refractivity contribution in [2.75, 3.05) is 0 Å². The van der Waals surface area contributed by atoms with Crippen LogP contribution in [0.25, 0.3) is 26.7 Å². The van der Waals surface area contributed by atoms with E-state index >= 15 is 0 Å². The first-order valence-corrected chi connectivity index (χ1v) is 7.60. The van der Waals surface area contributed by atoms with Crippen molar-refractivity contribution in [2.45, 2.75) is 0 Å². The molecule has 4 rings (SSSR count). The van der Waals surface area contributed by atoms with E-state index in [0.717, 1.165) is 22.0 Å². The van der Waals surface area contributed by atoms with Gasteiger partial charge in [0, 0.05) is 23.2 Å². The Kier molecular flexibility index (Phi) is 2.73. The molecule has 4 nitrogen and oxygen atoms in total. The topological polar surface area (TPSA) is 50.7 Å². The maximum absolute atomic E-state index is 12.7. The number of benzene rings is 1. The molecule has 1 N–H and O–H groups in total. The van der Waals surface area contributed by atoms with Crippen LogP contribution in [0.1, 0.15) is 0 Å². The Bertz CT molecular complexity index is 1090. The van der Waals surface area contributed by atoms with Gasteiger partial charge in [0.1, 0.15) is 4.70 Å². The van der Waals surface area contributed by atoms with Gasteiger partial charge in [-0.2, -0.15) is 0 Å². The van der Waals surface area contributed by atoms with Gasteiger partial charge >= 0.3 is 0 Å². The Morgan fingerprint density at radius 3 is 3.05 bits per heavy atom. The second-order valence-corrected chi connectivity index (χ2v) is 5.91. The molecule has 0 atom stereocenters. The molecular weight excluding hydrogens is 302 g/mol. The Balaban J connectivity index is 2.19. The number of hydrogen-bond donors (Lipinski definition) is 1. The molecule has 0 aliphatic heterocycles. The van der Waals surface area contributed by atoms with Gasteiger partial charge in [0.25, 0.3) is 5.56 Å². The fourth-order valence-electron chi connectivity index (χ4n) is 2.46. The minimum absolute atomic E-state index is 0.0898. The van der Waals surface area contributed by atoms with E-state index in [4.69, 9.17) is 12.2 Å². The van der Waals surface area contributed by atoms with Crippen molar-refractivity contribution in [1.29, 1.82) is 0 Å². The van der Waals surface area contributed by atoms with Crippen LogP contribution in [0.5, 0.6) is 0 Å². The van der Waals surface area contributed by atoms with Crippen LogP contribution in [-0.4, -0.2) is 14.5 Å². The van der Waals surface area contributed by atoms with Crippen molar-refractivity contribution < 1.29 is 0 Å². The first-order chi connectivity index (χ1) is 10.3. The Morgan fingerprint density at radius 1 is 1.24 bits per heavy atom. The molecule has 0 radical (unpaired) electrons. The summed E-state index contributed by atoms with van der Waals surface area (Å²) in [6.45, 7) is 0. The molecule has 0 saturated carbocycles. The summed E-state index contributed by atoms with van der Waals surface area (Å²) in [6.07, 6.45) is 3.49. The molecule has 1 aromatic carbocycles. The Labute approximate surface area is 128 Å². The van der Waals surface area contributed by atoms with Crippen molar-refractivity contribution in [1.82, 2.24) is 14.5 Å². The van der Waals surface area contributed by atoms with Crippen molar-refractivity contribution in [3.63, 3.8) is 0 Å². The summed E-state index contributed by atoms with van der Waals surface area (Å²) < 4.78 is 2.63. The highest BCUT2D eigenvalue weighted by Gasteiger charge is 2.10. The molecule has 3 aromatic heterocycles. The summed E-state index contributed by atoms with van der Waals surface area (Å²) in [7, 11) is 0. The number of rotatable bonds is 1. The molecule has 4 aromatic rings. The fourth-order valence-corrected chi connectivity index (χ4v) is 3.53. The average Bonchev–Trinajstić information content (AvgIpc) is 2.96. The van der Waals surface area contributed by atoms with Crippen LogP contribution >= 0.6 is 23.6 Å². The van der Waals surface area contributed by atoms with Gasteiger partial charge in [0.05, 0.1) is 11.2 Å². The van der Waals surface area contributed by atoms with Crippen LogP contribution in [0.4, 0.5) is 0 Å². The van der Waals surface area contributed by atoms with Gasteiger partial charge in [-0.05, 0) is 35.8 Å². The minimum atomic E-state index is -0.0898. The smallest absolute Gasteiger partial charge is 0.276 e. The zero-order chi connectivity index (χ0) is 14.4. The maximum Gasteiger partial charge on any atom is 0.276 e. The van der Waals surface area contributed by atoms with Crippen molar-refractivity contribution >= 4 is 44.5 Å². The number of nitrogens with one attached hydrogen (secondary N) is 1. The number of thiophene rings is 1. The van der Waals surface area contributed by atoms with Gasteiger partial charge in [-0.25, -0.2) is 0 Å². The molecule has 21 heavy (non-hydrogen) atoms. The molecule has 0 aliphatic carbocycles. The lowest BCUT2D eigenvalue weighted by Crippen LogP contribution is -2.19. The van der Waals surface area contributed by atoms with Crippen molar-refractivity contribution in [2.24, 2.45) is 0 Å². The van der Waals surface area contributed by atoms with Crippen LogP contribution in [0, 0.1) is 4.77 Å². The summed E-state index contributed by atoms with van der Waals surface area (Å²) in [4.78, 5) is 20.0. The highest BCUT2D eigenvalue weighted by Crippen LogP contribution is 2.22. The number of hydrogen-bond acceptors (Lipinski definition) is 4. The van der Waals surface area contributed by atoms with E-state index in [0.29, 0.717) is 9.47 Å². The van der Waals surface area contributed by atoms with E-state index in [2.05, 4.69) is 9.97 Å². The van der Waals surface area contributed by atoms with Crippen LogP contribution < -0.4 is 5.56 Å². The third kappa shape index (κ3) is 1.84. The predicted octanol–water partition coefficient (Wildman–Crippen LogP) is 3.66. The largest absolute Gasteiger partial charge is 0.331 e. The average molecular weight is 311 g/mol. The minimum Gasteiger partial charge on any atom is -0.331 e. The van der Waals surface area contributed by atoms with Gasteiger partial charge in [-0.3, -0.25) is 14.3 Å². The van der Waals surface area contributed by atoms with E-state index in [9.17, 15) is 4.79 Å². The zero-order valence-corrected chi connectivity index (χ0v) is 12.4. The number of pyridine rings is 1. The Hall–Kier alpha value is -2.31. The summed E-state index contributed by atoms with van der Waals surface area (Å²) in [5.74, 6) is 0. The summed E-state index contributed by atoms with van der Waals surface area (Å²) in [5.41, 5.74) is 1.47. The molecule has 6 heteroatoms. The number of nitrogens with zero attached hydrogens (tertiary/aromatic N) is 2. The van der Waals surface area contributed by atoms with E-state index in [1.165, 1.54) is 11.3 Å². The standard InChI is InChI=1S/C15H9N3OS2/c19-14-13-11(5-7-21-13)17-15(20)18(14)12-3-1-2-9-8-16-6-4-10(9)12/h1-8H,(H,17,20). The highest BCUT2D eigenvalue weighted by molar-refractivity contribution is 7.71. The van der Waals surface area contributed by atoms with E-state index in [-0.39, 0.29) is 5.56 Å². The molecule has 0 saturated heterocycles. The second-order valence-electron chi connectivity index (χ2n) is 4.61. The van der Waals surface area contributed by atoms with E-state index in [1.807, 2.05) is 35.7 Å². The summed E-state index contributed by atoms with van der Waals surface area (Å²) >= 11 is 6.79. The van der Waals surface area contributed by atoms with Crippen LogP contribution in [0.15, 0.2) is 52.9 Å². The summed E-state index contributed by atoms with van der Waals surface area (Å²) in [6, 6.07) is 9.53. The van der Waals surface area contributed by atoms with Gasteiger partial charge in [0.2, 0.25) is 0 Å². The molecule has 0 bridgehead atoms. The molecule has 0 spiro atoms. The highest BCUT2D eigenvalue weighted by atomic mass is 32.1. The molecule has 0 aliphatic rings.